The van der Waals surface area contributed by atoms with Crippen LogP contribution in [0.15, 0.2) is 11.8 Å². The van der Waals surface area contributed by atoms with Crippen LogP contribution in [0.2, 0.25) is 19.6 Å². The summed E-state index contributed by atoms with van der Waals surface area (Å²) in [6.45, 7) is 13.5. The van der Waals surface area contributed by atoms with Crippen LogP contribution in [0.4, 0.5) is 0 Å². The van der Waals surface area contributed by atoms with Crippen LogP contribution < -0.4 is 0 Å². The second-order valence-electron chi connectivity index (χ2n) is 3.96. The third kappa shape index (κ3) is 3.88. The van der Waals surface area contributed by atoms with Crippen LogP contribution in [-0.4, -0.2) is 8.07 Å². The molecule has 0 saturated carbocycles. The Hall–Kier alpha value is -0.0431. The van der Waals surface area contributed by atoms with Gasteiger partial charge in [-0.2, -0.15) is 0 Å². The summed E-state index contributed by atoms with van der Waals surface area (Å²) in [6, 6.07) is 0. The molecule has 1 heteroatoms. The molecule has 0 N–H and O–H groups in total. The Morgan fingerprint density at radius 1 is 1.30 bits per heavy atom. The number of hydrogen-bond donors (Lipinski definition) is 0. The number of allylic oxidation sites excluding steroid dienone is 1. The maximum absolute atomic E-state index is 4.13. The lowest BCUT2D eigenvalue weighted by Crippen LogP contribution is -2.22. The SMILES string of the molecule is C=C(CCCC)[Si](C)(C)C. The second kappa shape index (κ2) is 3.97. The van der Waals surface area contributed by atoms with Gasteiger partial charge >= 0.3 is 0 Å². The summed E-state index contributed by atoms with van der Waals surface area (Å²) in [5.41, 5.74) is 0. The average molecular weight is 156 g/mol. The largest absolute Gasteiger partial charge is 0.104 e. The first-order chi connectivity index (χ1) is 4.48. The molecule has 0 aliphatic rings. The number of rotatable bonds is 4. The Kier molecular flexibility index (Phi) is 3.95. The highest BCUT2D eigenvalue weighted by Gasteiger charge is 2.15. The molecule has 0 unspecified atom stereocenters. The van der Waals surface area contributed by atoms with Gasteiger partial charge in [-0.3, -0.25) is 0 Å². The lowest BCUT2D eigenvalue weighted by Gasteiger charge is -2.18. The third-order valence-electron chi connectivity index (χ3n) is 1.89. The van der Waals surface area contributed by atoms with E-state index in [9.17, 15) is 0 Å². The van der Waals surface area contributed by atoms with E-state index < -0.39 is 8.07 Å². The maximum Gasteiger partial charge on any atom is 0.0716 e. The molecule has 0 aromatic rings. The van der Waals surface area contributed by atoms with Crippen molar-refractivity contribution in [3.8, 4) is 0 Å². The highest BCUT2D eigenvalue weighted by Crippen LogP contribution is 2.17. The van der Waals surface area contributed by atoms with Gasteiger partial charge in [0, 0.05) is 0 Å². The molecule has 0 bridgehead atoms. The highest BCUT2D eigenvalue weighted by atomic mass is 28.3. The predicted molar refractivity (Wildman–Crippen MR) is 52.0 cm³/mol. The third-order valence-corrected chi connectivity index (χ3v) is 4.26. The first-order valence-corrected chi connectivity index (χ1v) is 7.66. The number of hydrogen-bond acceptors (Lipinski definition) is 0. The minimum Gasteiger partial charge on any atom is -0.104 e. The van der Waals surface area contributed by atoms with Crippen LogP contribution in [0, 0.1) is 0 Å². The van der Waals surface area contributed by atoms with Gasteiger partial charge in [0.1, 0.15) is 0 Å². The van der Waals surface area contributed by atoms with E-state index in [1.807, 2.05) is 0 Å². The summed E-state index contributed by atoms with van der Waals surface area (Å²) >= 11 is 0. The van der Waals surface area contributed by atoms with Crippen LogP contribution >= 0.6 is 0 Å². The topological polar surface area (TPSA) is 0 Å². The molecule has 60 valence electrons. The molecular formula is C9H20Si. The fourth-order valence-corrected chi connectivity index (χ4v) is 1.69. The molecule has 0 aliphatic heterocycles. The zero-order valence-corrected chi connectivity index (χ0v) is 8.83. The summed E-state index contributed by atoms with van der Waals surface area (Å²) in [6.07, 6.45) is 3.87. The van der Waals surface area contributed by atoms with Crippen LogP contribution in [0.5, 0.6) is 0 Å². The van der Waals surface area contributed by atoms with Gasteiger partial charge in [0.05, 0.1) is 8.07 Å². The Bertz CT molecular complexity index is 108. The van der Waals surface area contributed by atoms with Crippen LogP contribution in [0.25, 0.3) is 0 Å². The van der Waals surface area contributed by atoms with Gasteiger partial charge in [-0.1, -0.05) is 44.6 Å². The Morgan fingerprint density at radius 2 is 1.80 bits per heavy atom. The van der Waals surface area contributed by atoms with Crippen molar-refractivity contribution < 1.29 is 0 Å². The fourth-order valence-electron chi connectivity index (χ4n) is 0.765. The van der Waals surface area contributed by atoms with E-state index in [0.29, 0.717) is 0 Å². The van der Waals surface area contributed by atoms with Crippen molar-refractivity contribution >= 4 is 8.07 Å². The minimum absolute atomic E-state index is 0.992. The van der Waals surface area contributed by atoms with E-state index in [2.05, 4.69) is 33.1 Å². The average Bonchev–Trinajstić information content (AvgIpc) is 1.80. The van der Waals surface area contributed by atoms with E-state index in [4.69, 9.17) is 0 Å². The standard InChI is InChI=1S/C9H20Si/c1-6-7-8-9(2)10(3,4)5/h2,6-8H2,1,3-5H3. The molecule has 0 atom stereocenters. The summed E-state index contributed by atoms with van der Waals surface area (Å²) in [4.78, 5) is 0. The van der Waals surface area contributed by atoms with Gasteiger partial charge in [-0.05, 0) is 6.42 Å². The molecule has 0 saturated heterocycles. The van der Waals surface area contributed by atoms with Gasteiger partial charge in [0.25, 0.3) is 0 Å². The normalized spacial score (nSPS) is 11.6. The van der Waals surface area contributed by atoms with Crippen molar-refractivity contribution in [3.05, 3.63) is 11.8 Å². The zero-order chi connectivity index (χ0) is 8.20. The van der Waals surface area contributed by atoms with E-state index >= 15 is 0 Å². The number of unbranched alkanes of at least 4 members (excludes halogenated alkanes) is 1. The maximum atomic E-state index is 4.13. The minimum atomic E-state index is -0.992. The zero-order valence-electron chi connectivity index (χ0n) is 7.83. The monoisotopic (exact) mass is 156 g/mol. The molecule has 0 rings (SSSR count). The van der Waals surface area contributed by atoms with E-state index in [-0.39, 0.29) is 0 Å². The molecule has 0 amide bonds. The van der Waals surface area contributed by atoms with E-state index in [0.717, 1.165) is 0 Å². The van der Waals surface area contributed by atoms with E-state index in [1.165, 1.54) is 24.5 Å². The van der Waals surface area contributed by atoms with Crippen LogP contribution in [-0.2, 0) is 0 Å². The highest BCUT2D eigenvalue weighted by molar-refractivity contribution is 6.82. The fraction of sp³-hybridized carbons (Fsp3) is 0.778. The molecule has 10 heavy (non-hydrogen) atoms. The Balaban J connectivity index is 3.64. The van der Waals surface area contributed by atoms with Gasteiger partial charge < -0.3 is 0 Å². The molecule has 0 aromatic heterocycles. The van der Waals surface area contributed by atoms with Crippen LogP contribution in [0.1, 0.15) is 26.2 Å². The molecule has 0 heterocycles. The summed E-state index contributed by atoms with van der Waals surface area (Å²) in [7, 11) is -0.992. The molecule has 0 nitrogen and oxygen atoms in total. The lowest BCUT2D eigenvalue weighted by molar-refractivity contribution is 0.804. The van der Waals surface area contributed by atoms with Gasteiger partial charge in [0.15, 0.2) is 0 Å². The Morgan fingerprint density at radius 3 is 2.10 bits per heavy atom. The molecule has 0 spiro atoms. The molecule has 0 radical (unpaired) electrons. The summed E-state index contributed by atoms with van der Waals surface area (Å²) < 4.78 is 0. The second-order valence-corrected chi connectivity index (χ2v) is 9.16. The van der Waals surface area contributed by atoms with Crippen LogP contribution in [0.3, 0.4) is 0 Å². The van der Waals surface area contributed by atoms with Crippen molar-refractivity contribution in [1.29, 1.82) is 0 Å². The van der Waals surface area contributed by atoms with Gasteiger partial charge in [0.2, 0.25) is 0 Å². The smallest absolute Gasteiger partial charge is 0.0716 e. The van der Waals surface area contributed by atoms with E-state index in [1.54, 1.807) is 0 Å². The van der Waals surface area contributed by atoms with Crippen molar-refractivity contribution in [3.63, 3.8) is 0 Å². The van der Waals surface area contributed by atoms with Crippen molar-refractivity contribution in [2.45, 2.75) is 45.8 Å². The van der Waals surface area contributed by atoms with Gasteiger partial charge in [-0.15, -0.1) is 6.58 Å². The lowest BCUT2D eigenvalue weighted by atomic mass is 10.2. The molecule has 0 fully saturated rings. The predicted octanol–water partition coefficient (Wildman–Crippen LogP) is 3.61. The van der Waals surface area contributed by atoms with Gasteiger partial charge in [-0.25, -0.2) is 0 Å². The van der Waals surface area contributed by atoms with Crippen molar-refractivity contribution in [1.82, 2.24) is 0 Å². The summed E-state index contributed by atoms with van der Waals surface area (Å²) in [5, 5.41) is 1.52. The first-order valence-electron chi connectivity index (χ1n) is 4.16. The quantitative estimate of drug-likeness (QED) is 0.545. The molecule has 0 aliphatic carbocycles. The molecular weight excluding hydrogens is 136 g/mol. The van der Waals surface area contributed by atoms with Crippen molar-refractivity contribution in [2.24, 2.45) is 0 Å². The Labute approximate surface area is 66.4 Å². The summed E-state index contributed by atoms with van der Waals surface area (Å²) in [5.74, 6) is 0. The van der Waals surface area contributed by atoms with Crippen molar-refractivity contribution in [2.75, 3.05) is 0 Å². The first kappa shape index (κ1) is 9.96. The molecule has 0 aromatic carbocycles.